The lowest BCUT2D eigenvalue weighted by molar-refractivity contribution is -0.140. The molecule has 2 rings (SSSR count). The van der Waals surface area contributed by atoms with Crippen molar-refractivity contribution in [3.05, 3.63) is 35.4 Å². The minimum absolute atomic E-state index is 0.0995. The van der Waals surface area contributed by atoms with Gasteiger partial charge in [0, 0.05) is 18.5 Å². The molecule has 0 heterocycles. The Kier molecular flexibility index (Phi) is 4.73. The van der Waals surface area contributed by atoms with Gasteiger partial charge in [0.1, 0.15) is 11.6 Å². The van der Waals surface area contributed by atoms with Crippen molar-refractivity contribution < 1.29 is 13.6 Å². The molecule has 1 amide bonds. The third-order valence-corrected chi connectivity index (χ3v) is 4.11. The highest BCUT2D eigenvalue weighted by Gasteiger charge is 2.32. The first-order valence-corrected chi connectivity index (χ1v) is 7.33. The predicted molar refractivity (Wildman–Crippen MR) is 74.1 cm³/mol. The molecule has 4 heteroatoms. The Bertz CT molecular complexity index is 465. The molecule has 0 saturated heterocycles. The summed E-state index contributed by atoms with van der Waals surface area (Å²) in [6.07, 6.45) is 3.61. The Balaban J connectivity index is 2.25. The van der Waals surface area contributed by atoms with Crippen LogP contribution in [-0.4, -0.2) is 17.4 Å². The summed E-state index contributed by atoms with van der Waals surface area (Å²) < 4.78 is 26.8. The molecule has 0 N–H and O–H groups in total. The van der Waals surface area contributed by atoms with Crippen LogP contribution >= 0.6 is 0 Å². The van der Waals surface area contributed by atoms with Gasteiger partial charge in [0.15, 0.2) is 0 Å². The quantitative estimate of drug-likeness (QED) is 0.797. The number of rotatable bonds is 5. The van der Waals surface area contributed by atoms with E-state index in [4.69, 9.17) is 0 Å². The van der Waals surface area contributed by atoms with E-state index in [2.05, 4.69) is 0 Å². The van der Waals surface area contributed by atoms with Crippen LogP contribution in [0.25, 0.3) is 0 Å². The van der Waals surface area contributed by atoms with Crippen LogP contribution < -0.4 is 0 Å². The molecular formula is C16H21F2NO. The Hall–Kier alpha value is -1.45. The minimum Gasteiger partial charge on any atom is -0.336 e. The minimum atomic E-state index is -0.592. The summed E-state index contributed by atoms with van der Waals surface area (Å²) in [4.78, 5) is 14.2. The first-order valence-electron chi connectivity index (χ1n) is 7.33. The summed E-state index contributed by atoms with van der Waals surface area (Å²) in [5, 5.41) is 0. The van der Waals surface area contributed by atoms with Gasteiger partial charge in [-0.1, -0.05) is 13.3 Å². The maximum absolute atomic E-state index is 13.4. The number of carbonyl (C=O) groups is 1. The standard InChI is InChI=1S/C16H21F2NO/c1-3-15(12-8-13(17)10-14(18)9-12)19(4-2)16(20)11-6-5-7-11/h8-11,15H,3-7H2,1-2H3. The van der Waals surface area contributed by atoms with Crippen LogP contribution in [0.5, 0.6) is 0 Å². The molecule has 0 aliphatic heterocycles. The van der Waals surface area contributed by atoms with Crippen LogP contribution in [0.15, 0.2) is 18.2 Å². The fourth-order valence-electron chi connectivity index (χ4n) is 2.82. The van der Waals surface area contributed by atoms with Gasteiger partial charge in [0.25, 0.3) is 0 Å². The molecule has 1 saturated carbocycles. The van der Waals surface area contributed by atoms with Crippen molar-refractivity contribution in [2.24, 2.45) is 5.92 Å². The first-order chi connectivity index (χ1) is 9.56. The highest BCUT2D eigenvalue weighted by molar-refractivity contribution is 5.80. The van der Waals surface area contributed by atoms with Crippen molar-refractivity contribution in [2.75, 3.05) is 6.54 Å². The molecular weight excluding hydrogens is 260 g/mol. The molecule has 2 nitrogen and oxygen atoms in total. The first kappa shape index (κ1) is 14.9. The second-order valence-electron chi connectivity index (χ2n) is 5.38. The predicted octanol–water partition coefficient (Wildman–Crippen LogP) is 4.06. The van der Waals surface area contributed by atoms with Crippen LogP contribution in [0.3, 0.4) is 0 Å². The van der Waals surface area contributed by atoms with E-state index in [0.717, 1.165) is 25.3 Å². The van der Waals surface area contributed by atoms with Crippen LogP contribution in [-0.2, 0) is 4.79 Å². The van der Waals surface area contributed by atoms with Gasteiger partial charge < -0.3 is 4.90 Å². The van der Waals surface area contributed by atoms with Crippen LogP contribution in [0.4, 0.5) is 8.78 Å². The zero-order valence-corrected chi connectivity index (χ0v) is 12.0. The van der Waals surface area contributed by atoms with E-state index in [1.807, 2.05) is 13.8 Å². The van der Waals surface area contributed by atoms with Gasteiger partial charge in [-0.2, -0.15) is 0 Å². The lowest BCUT2D eigenvalue weighted by Crippen LogP contribution is -2.41. The molecule has 1 aliphatic rings. The second-order valence-corrected chi connectivity index (χ2v) is 5.38. The van der Waals surface area contributed by atoms with Crippen molar-refractivity contribution in [2.45, 2.75) is 45.6 Å². The van der Waals surface area contributed by atoms with E-state index >= 15 is 0 Å². The van der Waals surface area contributed by atoms with Crippen molar-refractivity contribution in [1.82, 2.24) is 4.90 Å². The summed E-state index contributed by atoms with van der Waals surface area (Å²) in [5.41, 5.74) is 0.541. The van der Waals surface area contributed by atoms with Gasteiger partial charge in [0.05, 0.1) is 6.04 Å². The van der Waals surface area contributed by atoms with Crippen LogP contribution in [0.1, 0.15) is 51.1 Å². The summed E-state index contributed by atoms with van der Waals surface area (Å²) in [6, 6.07) is 3.26. The average molecular weight is 281 g/mol. The third kappa shape index (κ3) is 3.00. The molecule has 110 valence electrons. The number of nitrogens with zero attached hydrogens (tertiary/aromatic N) is 1. The number of hydrogen-bond donors (Lipinski definition) is 0. The fourth-order valence-corrected chi connectivity index (χ4v) is 2.82. The average Bonchev–Trinajstić information content (AvgIpc) is 2.31. The van der Waals surface area contributed by atoms with Gasteiger partial charge in [0.2, 0.25) is 5.91 Å². The number of benzene rings is 1. The molecule has 0 aromatic heterocycles. The van der Waals surface area contributed by atoms with E-state index in [0.29, 0.717) is 18.5 Å². The van der Waals surface area contributed by atoms with E-state index in [1.165, 1.54) is 12.1 Å². The van der Waals surface area contributed by atoms with E-state index in [-0.39, 0.29) is 17.9 Å². The Morgan fingerprint density at radius 1 is 1.25 bits per heavy atom. The number of hydrogen-bond acceptors (Lipinski definition) is 1. The zero-order valence-electron chi connectivity index (χ0n) is 12.0. The van der Waals surface area contributed by atoms with E-state index in [9.17, 15) is 13.6 Å². The summed E-state index contributed by atoms with van der Waals surface area (Å²) >= 11 is 0. The Morgan fingerprint density at radius 3 is 2.25 bits per heavy atom. The summed E-state index contributed by atoms with van der Waals surface area (Å²) in [5.74, 6) is -0.964. The van der Waals surface area contributed by atoms with Gasteiger partial charge >= 0.3 is 0 Å². The highest BCUT2D eigenvalue weighted by Crippen LogP contribution is 2.33. The molecule has 1 atom stereocenters. The van der Waals surface area contributed by atoms with Gasteiger partial charge in [-0.25, -0.2) is 8.78 Å². The summed E-state index contributed by atoms with van der Waals surface area (Å²) in [6.45, 7) is 4.41. The van der Waals surface area contributed by atoms with E-state index < -0.39 is 11.6 Å². The normalized spacial score (nSPS) is 16.6. The number of amides is 1. The molecule has 20 heavy (non-hydrogen) atoms. The van der Waals surface area contributed by atoms with Gasteiger partial charge in [-0.3, -0.25) is 4.79 Å². The van der Waals surface area contributed by atoms with Crippen molar-refractivity contribution in [3.63, 3.8) is 0 Å². The van der Waals surface area contributed by atoms with Crippen LogP contribution in [0, 0.1) is 17.6 Å². The van der Waals surface area contributed by atoms with Gasteiger partial charge in [-0.05, 0) is 43.9 Å². The Morgan fingerprint density at radius 2 is 1.85 bits per heavy atom. The molecule has 0 bridgehead atoms. The smallest absolute Gasteiger partial charge is 0.226 e. The molecule has 1 aromatic rings. The fraction of sp³-hybridized carbons (Fsp3) is 0.562. The summed E-state index contributed by atoms with van der Waals surface area (Å²) in [7, 11) is 0. The zero-order chi connectivity index (χ0) is 14.7. The maximum Gasteiger partial charge on any atom is 0.226 e. The van der Waals surface area contributed by atoms with Crippen molar-refractivity contribution in [1.29, 1.82) is 0 Å². The van der Waals surface area contributed by atoms with Gasteiger partial charge in [-0.15, -0.1) is 0 Å². The lowest BCUT2D eigenvalue weighted by atomic mass is 9.83. The van der Waals surface area contributed by atoms with E-state index in [1.54, 1.807) is 4.90 Å². The molecule has 0 radical (unpaired) electrons. The number of carbonyl (C=O) groups excluding carboxylic acids is 1. The molecule has 1 unspecified atom stereocenters. The molecule has 1 aliphatic carbocycles. The third-order valence-electron chi connectivity index (χ3n) is 4.11. The SMILES string of the molecule is CCC(c1cc(F)cc(F)c1)N(CC)C(=O)C1CCC1. The van der Waals surface area contributed by atoms with Crippen molar-refractivity contribution >= 4 is 5.91 Å². The second kappa shape index (κ2) is 6.33. The van der Waals surface area contributed by atoms with Crippen LogP contribution in [0.2, 0.25) is 0 Å². The highest BCUT2D eigenvalue weighted by atomic mass is 19.1. The largest absolute Gasteiger partial charge is 0.336 e. The molecule has 0 spiro atoms. The number of halogens is 2. The molecule has 1 aromatic carbocycles. The Labute approximate surface area is 118 Å². The lowest BCUT2D eigenvalue weighted by Gasteiger charge is -2.36. The maximum atomic E-state index is 13.4. The molecule has 1 fully saturated rings. The topological polar surface area (TPSA) is 20.3 Å². The monoisotopic (exact) mass is 281 g/mol. The van der Waals surface area contributed by atoms with Crippen molar-refractivity contribution in [3.8, 4) is 0 Å².